The summed E-state index contributed by atoms with van der Waals surface area (Å²) in [6.45, 7) is 6.68. The molecule has 20 heavy (non-hydrogen) atoms. The van der Waals surface area contributed by atoms with E-state index in [1.165, 1.54) is 4.68 Å². The minimum absolute atomic E-state index is 0.0262. The van der Waals surface area contributed by atoms with Crippen molar-refractivity contribution in [1.82, 2.24) is 15.1 Å². The van der Waals surface area contributed by atoms with E-state index in [-0.39, 0.29) is 12.2 Å². The summed E-state index contributed by atoms with van der Waals surface area (Å²) in [4.78, 5) is 10.5. The van der Waals surface area contributed by atoms with Gasteiger partial charge in [0.15, 0.2) is 0 Å². The Morgan fingerprint density at radius 2 is 2.25 bits per heavy atom. The molecule has 0 fully saturated rings. The number of nitrogens with zero attached hydrogens (tertiary/aromatic N) is 3. The highest BCUT2D eigenvalue weighted by Gasteiger charge is 2.22. The van der Waals surface area contributed by atoms with E-state index in [2.05, 4.69) is 10.4 Å². The molecule has 2 N–H and O–H groups in total. The normalized spacial score (nSPS) is 13.0. The van der Waals surface area contributed by atoms with Crippen molar-refractivity contribution < 1.29 is 10.0 Å². The molecule has 0 radical (unpaired) electrons. The number of rotatable bonds is 8. The third kappa shape index (κ3) is 4.43. The molecule has 1 heterocycles. The molecule has 0 amide bonds. The van der Waals surface area contributed by atoms with Gasteiger partial charge in [-0.25, -0.2) is 0 Å². The molecule has 0 spiro atoms. The van der Waals surface area contributed by atoms with Crippen LogP contribution in [-0.4, -0.2) is 39.0 Å². The van der Waals surface area contributed by atoms with E-state index in [1.807, 2.05) is 19.1 Å². The number of aromatic nitrogens is 2. The zero-order chi connectivity index (χ0) is 15.1. The smallest absolute Gasteiger partial charge is 0.312 e. The van der Waals surface area contributed by atoms with Gasteiger partial charge in [-0.3, -0.25) is 14.8 Å². The summed E-state index contributed by atoms with van der Waals surface area (Å²) in [6, 6.07) is 0. The Balaban J connectivity index is 2.52. The van der Waals surface area contributed by atoms with E-state index in [0.717, 1.165) is 13.0 Å². The van der Waals surface area contributed by atoms with Crippen molar-refractivity contribution in [2.24, 2.45) is 0 Å². The molecule has 7 heteroatoms. The molecule has 0 aromatic carbocycles. The van der Waals surface area contributed by atoms with Crippen LogP contribution in [0.5, 0.6) is 0 Å². The van der Waals surface area contributed by atoms with Gasteiger partial charge in [0.25, 0.3) is 0 Å². The molecule has 0 aliphatic rings. The molecule has 1 atom stereocenters. The maximum absolute atomic E-state index is 10.9. The zero-order valence-electron chi connectivity index (χ0n) is 12.2. The summed E-state index contributed by atoms with van der Waals surface area (Å²) in [5, 5.41) is 28.0. The largest absolute Gasteiger partial charge is 0.390 e. The van der Waals surface area contributed by atoms with Gasteiger partial charge in [0.2, 0.25) is 0 Å². The van der Waals surface area contributed by atoms with Crippen molar-refractivity contribution in [1.29, 1.82) is 0 Å². The summed E-state index contributed by atoms with van der Waals surface area (Å²) < 4.78 is 1.49. The summed E-state index contributed by atoms with van der Waals surface area (Å²) in [5.41, 5.74) is 0.874. The van der Waals surface area contributed by atoms with Crippen LogP contribution in [0.25, 0.3) is 0 Å². The van der Waals surface area contributed by atoms with Crippen LogP contribution in [0.4, 0.5) is 5.69 Å². The first-order valence-electron chi connectivity index (χ1n) is 6.65. The molecule has 7 nitrogen and oxygen atoms in total. The minimum Gasteiger partial charge on any atom is -0.390 e. The summed E-state index contributed by atoms with van der Waals surface area (Å²) in [5.74, 6) is 0. The van der Waals surface area contributed by atoms with Crippen molar-refractivity contribution in [3.8, 4) is 0 Å². The Labute approximate surface area is 118 Å². The SMILES string of the molecule is C/C=C/CCNCC(O)Cn1nc(C)c([N+](=O)[O-])c1C. The predicted molar refractivity (Wildman–Crippen MR) is 76.7 cm³/mol. The van der Waals surface area contributed by atoms with Crippen LogP contribution in [0.2, 0.25) is 0 Å². The zero-order valence-corrected chi connectivity index (χ0v) is 12.2. The number of hydrogen-bond acceptors (Lipinski definition) is 5. The van der Waals surface area contributed by atoms with E-state index in [9.17, 15) is 15.2 Å². The molecule has 1 aromatic rings. The Bertz CT molecular complexity index is 482. The molecule has 0 saturated carbocycles. The number of aliphatic hydroxyl groups is 1. The second kappa shape index (κ2) is 7.76. The first-order chi connectivity index (χ1) is 9.47. The Kier molecular flexibility index (Phi) is 6.33. The van der Waals surface area contributed by atoms with Gasteiger partial charge in [-0.05, 0) is 33.7 Å². The average Bonchev–Trinajstić information content (AvgIpc) is 2.64. The van der Waals surface area contributed by atoms with Gasteiger partial charge >= 0.3 is 5.69 Å². The Hall–Kier alpha value is -1.73. The maximum atomic E-state index is 10.9. The van der Waals surface area contributed by atoms with Gasteiger partial charge in [0.1, 0.15) is 11.4 Å². The highest BCUT2D eigenvalue weighted by atomic mass is 16.6. The van der Waals surface area contributed by atoms with Crippen molar-refractivity contribution in [3.63, 3.8) is 0 Å². The van der Waals surface area contributed by atoms with Gasteiger partial charge in [-0.1, -0.05) is 12.2 Å². The third-order valence-corrected chi connectivity index (χ3v) is 3.01. The first kappa shape index (κ1) is 16.3. The fourth-order valence-corrected chi connectivity index (χ4v) is 2.01. The monoisotopic (exact) mass is 282 g/mol. The minimum atomic E-state index is -0.627. The molecule has 112 valence electrons. The lowest BCUT2D eigenvalue weighted by Crippen LogP contribution is -2.31. The van der Waals surface area contributed by atoms with Gasteiger partial charge in [0, 0.05) is 6.54 Å². The van der Waals surface area contributed by atoms with Crippen LogP contribution in [0.3, 0.4) is 0 Å². The highest BCUT2D eigenvalue weighted by Crippen LogP contribution is 2.21. The molecule has 1 rings (SSSR count). The van der Waals surface area contributed by atoms with Crippen LogP contribution in [0.15, 0.2) is 12.2 Å². The Morgan fingerprint density at radius 3 is 2.80 bits per heavy atom. The Morgan fingerprint density at radius 1 is 1.55 bits per heavy atom. The molecular weight excluding hydrogens is 260 g/mol. The second-order valence-corrected chi connectivity index (χ2v) is 4.67. The summed E-state index contributed by atoms with van der Waals surface area (Å²) in [6.07, 6.45) is 4.31. The standard InChI is InChI=1S/C13H22N4O3/c1-4-5-6-7-14-8-12(18)9-16-11(3)13(17(19)20)10(2)15-16/h4-5,12,14,18H,6-9H2,1-3H3/b5-4+. The van der Waals surface area contributed by atoms with Gasteiger partial charge in [0.05, 0.1) is 17.6 Å². The molecule has 1 aromatic heterocycles. The number of aliphatic hydroxyl groups excluding tert-OH is 1. The van der Waals surface area contributed by atoms with Crippen molar-refractivity contribution in [3.05, 3.63) is 33.7 Å². The molecule has 0 aliphatic carbocycles. The summed E-state index contributed by atoms with van der Waals surface area (Å²) in [7, 11) is 0. The van der Waals surface area contributed by atoms with Crippen molar-refractivity contribution in [2.75, 3.05) is 13.1 Å². The highest BCUT2D eigenvalue weighted by molar-refractivity contribution is 5.39. The van der Waals surface area contributed by atoms with E-state index in [0.29, 0.717) is 17.9 Å². The molecule has 0 bridgehead atoms. The van der Waals surface area contributed by atoms with E-state index >= 15 is 0 Å². The maximum Gasteiger partial charge on any atom is 0.312 e. The van der Waals surface area contributed by atoms with Crippen LogP contribution in [0.1, 0.15) is 24.7 Å². The number of aryl methyl sites for hydroxylation is 1. The van der Waals surface area contributed by atoms with Gasteiger partial charge in [-0.2, -0.15) is 5.10 Å². The van der Waals surface area contributed by atoms with Crippen LogP contribution in [0, 0.1) is 24.0 Å². The molecule has 1 unspecified atom stereocenters. The molecule has 0 aliphatic heterocycles. The lowest BCUT2D eigenvalue weighted by molar-refractivity contribution is -0.386. The fourth-order valence-electron chi connectivity index (χ4n) is 2.01. The van der Waals surface area contributed by atoms with Crippen LogP contribution >= 0.6 is 0 Å². The van der Waals surface area contributed by atoms with Crippen LogP contribution < -0.4 is 5.32 Å². The number of allylic oxidation sites excluding steroid dienone is 1. The fraction of sp³-hybridized carbons (Fsp3) is 0.615. The predicted octanol–water partition coefficient (Wildman–Crippen LogP) is 1.32. The summed E-state index contributed by atoms with van der Waals surface area (Å²) >= 11 is 0. The molecule has 0 saturated heterocycles. The van der Waals surface area contributed by atoms with E-state index < -0.39 is 11.0 Å². The first-order valence-corrected chi connectivity index (χ1v) is 6.65. The second-order valence-electron chi connectivity index (χ2n) is 4.67. The van der Waals surface area contributed by atoms with Crippen molar-refractivity contribution in [2.45, 2.75) is 39.8 Å². The van der Waals surface area contributed by atoms with E-state index in [4.69, 9.17) is 0 Å². The lowest BCUT2D eigenvalue weighted by Gasteiger charge is -2.12. The number of nitro groups is 1. The number of hydrogen-bond donors (Lipinski definition) is 2. The molecular formula is C13H22N4O3. The van der Waals surface area contributed by atoms with E-state index in [1.54, 1.807) is 13.8 Å². The third-order valence-electron chi connectivity index (χ3n) is 3.01. The van der Waals surface area contributed by atoms with Gasteiger partial charge < -0.3 is 10.4 Å². The van der Waals surface area contributed by atoms with Crippen molar-refractivity contribution >= 4 is 5.69 Å². The number of nitrogens with one attached hydrogen (secondary N) is 1. The van der Waals surface area contributed by atoms with Crippen LogP contribution in [-0.2, 0) is 6.54 Å². The van der Waals surface area contributed by atoms with Gasteiger partial charge in [-0.15, -0.1) is 0 Å². The topological polar surface area (TPSA) is 93.2 Å². The average molecular weight is 282 g/mol. The quantitative estimate of drug-likeness (QED) is 0.325. The lowest BCUT2D eigenvalue weighted by atomic mass is 10.3.